The van der Waals surface area contributed by atoms with Gasteiger partial charge in [0.1, 0.15) is 16.8 Å². The molecule has 4 rings (SSSR count). The van der Waals surface area contributed by atoms with Gasteiger partial charge >= 0.3 is 0 Å². The van der Waals surface area contributed by atoms with Crippen LogP contribution in [-0.4, -0.2) is 4.98 Å². The van der Waals surface area contributed by atoms with E-state index in [9.17, 15) is 0 Å². The van der Waals surface area contributed by atoms with E-state index in [4.69, 9.17) is 15.1 Å². The molecule has 0 radical (unpaired) electrons. The normalized spacial score (nSPS) is 12.6. The van der Waals surface area contributed by atoms with Gasteiger partial charge in [-0.3, -0.25) is 0 Å². The van der Waals surface area contributed by atoms with Crippen LogP contribution in [0, 0.1) is 0 Å². The highest BCUT2D eigenvalue weighted by Crippen LogP contribution is 2.32. The molecule has 1 unspecified atom stereocenters. The molecule has 0 saturated carbocycles. The van der Waals surface area contributed by atoms with Crippen LogP contribution in [0.2, 0.25) is 0 Å². The van der Waals surface area contributed by atoms with Gasteiger partial charge in [-0.05, 0) is 22.9 Å². The molecule has 0 bridgehead atoms. The molecule has 2 aromatic carbocycles. The van der Waals surface area contributed by atoms with Gasteiger partial charge < -0.3 is 10.2 Å². The summed E-state index contributed by atoms with van der Waals surface area (Å²) in [7, 11) is 0. The zero-order valence-corrected chi connectivity index (χ0v) is 12.6. The van der Waals surface area contributed by atoms with Crippen molar-refractivity contribution in [2.24, 2.45) is 5.73 Å². The Labute approximate surface area is 132 Å². The summed E-state index contributed by atoms with van der Waals surface area (Å²) >= 11 is 1.56. The van der Waals surface area contributed by atoms with Crippen LogP contribution in [0.4, 0.5) is 0 Å². The minimum atomic E-state index is -0.316. The van der Waals surface area contributed by atoms with Gasteiger partial charge in [0.15, 0.2) is 0 Å². The summed E-state index contributed by atoms with van der Waals surface area (Å²) in [5.74, 6) is 0.735. The van der Waals surface area contributed by atoms with E-state index in [1.165, 1.54) is 10.8 Å². The summed E-state index contributed by atoms with van der Waals surface area (Å²) in [4.78, 5) is 4.72. The van der Waals surface area contributed by atoms with Crippen LogP contribution in [0.1, 0.15) is 16.8 Å². The van der Waals surface area contributed by atoms with Crippen molar-refractivity contribution in [3.63, 3.8) is 0 Å². The van der Waals surface area contributed by atoms with E-state index >= 15 is 0 Å². The summed E-state index contributed by atoms with van der Waals surface area (Å²) in [5.41, 5.74) is 8.31. The molecular formula is C18H14N2OS. The van der Waals surface area contributed by atoms with Crippen LogP contribution in [0.3, 0.4) is 0 Å². The maximum Gasteiger partial charge on any atom is 0.127 e. The number of hydrogen-bond donors (Lipinski definition) is 1. The number of nitrogens with two attached hydrogens (primary N) is 1. The molecule has 0 spiro atoms. The first-order chi connectivity index (χ1) is 10.8. The number of benzene rings is 2. The molecule has 0 amide bonds. The van der Waals surface area contributed by atoms with Crippen molar-refractivity contribution in [1.82, 2.24) is 4.98 Å². The minimum Gasteiger partial charge on any atom is -0.467 e. The highest BCUT2D eigenvalue weighted by molar-refractivity contribution is 7.10. The number of rotatable bonds is 3. The van der Waals surface area contributed by atoms with Crippen LogP contribution in [-0.2, 0) is 0 Å². The maximum absolute atomic E-state index is 6.22. The number of nitrogens with zero attached hydrogens (tertiary/aromatic N) is 1. The molecule has 2 N–H and O–H groups in total. The summed E-state index contributed by atoms with van der Waals surface area (Å²) in [6.45, 7) is 0. The maximum atomic E-state index is 6.22. The van der Waals surface area contributed by atoms with Crippen molar-refractivity contribution in [3.8, 4) is 11.3 Å². The molecule has 3 nitrogen and oxygen atoms in total. The minimum absolute atomic E-state index is 0.316. The van der Waals surface area contributed by atoms with Gasteiger partial charge in [0.25, 0.3) is 0 Å². The lowest BCUT2D eigenvalue weighted by molar-refractivity contribution is 0.489. The third-order valence-electron chi connectivity index (χ3n) is 3.70. The van der Waals surface area contributed by atoms with Gasteiger partial charge in [-0.2, -0.15) is 0 Å². The lowest BCUT2D eigenvalue weighted by Crippen LogP contribution is -2.10. The van der Waals surface area contributed by atoms with Gasteiger partial charge in [-0.1, -0.05) is 42.5 Å². The number of aromatic nitrogens is 1. The molecule has 0 saturated heterocycles. The standard InChI is InChI=1S/C18H14N2OS/c19-17(16-9-4-10-21-16)18-20-15(11-22-18)14-8-3-6-12-5-1-2-7-13(12)14/h1-11,17H,19H2. The molecule has 0 aliphatic carbocycles. The van der Waals surface area contributed by atoms with Gasteiger partial charge in [-0.15, -0.1) is 11.3 Å². The zero-order chi connectivity index (χ0) is 14.9. The Hall–Kier alpha value is -2.43. The summed E-state index contributed by atoms with van der Waals surface area (Å²) in [6, 6.07) is 18.0. The predicted octanol–water partition coefficient (Wildman–Crippen LogP) is 4.60. The van der Waals surface area contributed by atoms with Gasteiger partial charge in [0.2, 0.25) is 0 Å². The Morgan fingerprint density at radius 3 is 2.73 bits per heavy atom. The van der Waals surface area contributed by atoms with Crippen molar-refractivity contribution in [1.29, 1.82) is 0 Å². The van der Waals surface area contributed by atoms with E-state index in [2.05, 4.69) is 35.7 Å². The van der Waals surface area contributed by atoms with Crippen molar-refractivity contribution >= 4 is 22.1 Å². The smallest absolute Gasteiger partial charge is 0.127 e. The first-order valence-corrected chi connectivity index (χ1v) is 7.93. The molecule has 0 aliphatic heterocycles. The van der Waals surface area contributed by atoms with Gasteiger partial charge in [0, 0.05) is 10.9 Å². The number of thiazole rings is 1. The van der Waals surface area contributed by atoms with Gasteiger partial charge in [0.05, 0.1) is 12.0 Å². The zero-order valence-electron chi connectivity index (χ0n) is 11.8. The van der Waals surface area contributed by atoms with E-state index in [0.29, 0.717) is 0 Å². The van der Waals surface area contributed by atoms with Crippen LogP contribution in [0.25, 0.3) is 22.0 Å². The van der Waals surface area contributed by atoms with Crippen molar-refractivity contribution in [2.45, 2.75) is 6.04 Å². The third kappa shape index (κ3) is 2.22. The highest BCUT2D eigenvalue weighted by atomic mass is 32.1. The lowest BCUT2D eigenvalue weighted by atomic mass is 10.0. The fraction of sp³-hybridized carbons (Fsp3) is 0.0556. The fourth-order valence-corrected chi connectivity index (χ4v) is 3.42. The van der Waals surface area contributed by atoms with Crippen LogP contribution >= 0.6 is 11.3 Å². The molecule has 4 heteroatoms. The van der Waals surface area contributed by atoms with Crippen LogP contribution in [0.5, 0.6) is 0 Å². The Morgan fingerprint density at radius 1 is 1.00 bits per heavy atom. The molecule has 0 fully saturated rings. The topological polar surface area (TPSA) is 52.0 Å². The quantitative estimate of drug-likeness (QED) is 0.601. The Bertz CT molecular complexity index is 906. The second-order valence-corrected chi connectivity index (χ2v) is 5.98. The van der Waals surface area contributed by atoms with Crippen molar-refractivity contribution in [2.75, 3.05) is 0 Å². The first-order valence-electron chi connectivity index (χ1n) is 7.05. The molecule has 4 aromatic rings. The summed E-state index contributed by atoms with van der Waals surface area (Å²) in [6.07, 6.45) is 1.63. The van der Waals surface area contributed by atoms with E-state index < -0.39 is 0 Å². The van der Waals surface area contributed by atoms with E-state index in [-0.39, 0.29) is 6.04 Å². The predicted molar refractivity (Wildman–Crippen MR) is 89.8 cm³/mol. The first kappa shape index (κ1) is 13.2. The van der Waals surface area contributed by atoms with Crippen LogP contribution < -0.4 is 5.73 Å². The lowest BCUT2D eigenvalue weighted by Gasteiger charge is -2.05. The number of fused-ring (bicyclic) bond motifs is 1. The largest absolute Gasteiger partial charge is 0.467 e. The molecule has 2 heterocycles. The number of furan rings is 1. The van der Waals surface area contributed by atoms with Gasteiger partial charge in [-0.25, -0.2) is 4.98 Å². The van der Waals surface area contributed by atoms with E-state index in [0.717, 1.165) is 22.0 Å². The average molecular weight is 306 g/mol. The summed E-state index contributed by atoms with van der Waals surface area (Å²) < 4.78 is 5.38. The Kier molecular flexibility index (Phi) is 3.25. The van der Waals surface area contributed by atoms with Crippen LogP contribution in [0.15, 0.2) is 70.7 Å². The Balaban J connectivity index is 1.77. The second-order valence-electron chi connectivity index (χ2n) is 5.09. The summed E-state index contributed by atoms with van der Waals surface area (Å²) in [5, 5.41) is 5.33. The van der Waals surface area contributed by atoms with Crippen molar-refractivity contribution in [3.05, 3.63) is 77.0 Å². The molecule has 1 atom stereocenters. The average Bonchev–Trinajstić information content (AvgIpc) is 3.25. The van der Waals surface area contributed by atoms with E-state index in [1.807, 2.05) is 24.3 Å². The van der Waals surface area contributed by atoms with Crippen molar-refractivity contribution < 1.29 is 4.42 Å². The monoisotopic (exact) mass is 306 g/mol. The SMILES string of the molecule is NC(c1ccco1)c1nc(-c2cccc3ccccc23)cs1. The fourth-order valence-electron chi connectivity index (χ4n) is 2.59. The third-order valence-corrected chi connectivity index (χ3v) is 4.63. The second kappa shape index (κ2) is 5.40. The molecule has 108 valence electrons. The molecular weight excluding hydrogens is 292 g/mol. The van der Waals surface area contributed by atoms with E-state index in [1.54, 1.807) is 17.6 Å². The highest BCUT2D eigenvalue weighted by Gasteiger charge is 2.16. The molecule has 22 heavy (non-hydrogen) atoms. The Morgan fingerprint density at radius 2 is 1.86 bits per heavy atom. The molecule has 0 aliphatic rings. The molecule has 2 aromatic heterocycles. The number of hydrogen-bond acceptors (Lipinski definition) is 4.